The average molecular weight is 156 g/mol. The van der Waals surface area contributed by atoms with E-state index in [1.807, 2.05) is 0 Å². The largest absolute Gasteiger partial charge is 0.388 e. The van der Waals surface area contributed by atoms with E-state index in [0.29, 0.717) is 23.6 Å². The summed E-state index contributed by atoms with van der Waals surface area (Å²) in [5, 5.41) is 7.19. The van der Waals surface area contributed by atoms with Gasteiger partial charge in [-0.1, -0.05) is 27.7 Å². The van der Waals surface area contributed by atoms with Crippen molar-refractivity contribution in [2.24, 2.45) is 23.5 Å². The lowest BCUT2D eigenvalue weighted by atomic mass is 9.83. The maximum atomic E-state index is 7.19. The molecule has 0 aliphatic rings. The van der Waals surface area contributed by atoms with Crippen LogP contribution in [-0.4, -0.2) is 5.84 Å². The molecule has 0 aromatic rings. The van der Waals surface area contributed by atoms with Crippen LogP contribution in [0.1, 0.15) is 34.1 Å². The van der Waals surface area contributed by atoms with Crippen LogP contribution in [0, 0.1) is 23.2 Å². The molecule has 0 unspecified atom stereocenters. The van der Waals surface area contributed by atoms with Gasteiger partial charge < -0.3 is 5.73 Å². The van der Waals surface area contributed by atoms with E-state index in [1.165, 1.54) is 0 Å². The Morgan fingerprint density at radius 3 is 1.64 bits per heavy atom. The summed E-state index contributed by atoms with van der Waals surface area (Å²) in [6.07, 6.45) is 0.745. The Labute approximate surface area is 69.7 Å². The van der Waals surface area contributed by atoms with Gasteiger partial charge in [0, 0.05) is 6.42 Å². The zero-order valence-electron chi connectivity index (χ0n) is 8.02. The van der Waals surface area contributed by atoms with Gasteiger partial charge in [-0.15, -0.1) is 0 Å². The van der Waals surface area contributed by atoms with Gasteiger partial charge in [-0.3, -0.25) is 5.41 Å². The second-order valence-corrected chi connectivity index (χ2v) is 3.88. The monoisotopic (exact) mass is 156 g/mol. The van der Waals surface area contributed by atoms with E-state index in [4.69, 9.17) is 11.1 Å². The SMILES string of the molecule is CC(C)C(CC(=N)N)C(C)C. The van der Waals surface area contributed by atoms with Crippen molar-refractivity contribution < 1.29 is 0 Å². The van der Waals surface area contributed by atoms with Crippen molar-refractivity contribution in [3.8, 4) is 0 Å². The number of hydrogen-bond donors (Lipinski definition) is 2. The van der Waals surface area contributed by atoms with Gasteiger partial charge >= 0.3 is 0 Å². The highest BCUT2D eigenvalue weighted by atomic mass is 14.7. The number of nitrogens with one attached hydrogen (secondary N) is 1. The quantitative estimate of drug-likeness (QED) is 0.476. The molecule has 66 valence electrons. The number of rotatable bonds is 4. The lowest BCUT2D eigenvalue weighted by Crippen LogP contribution is -2.23. The van der Waals surface area contributed by atoms with Crippen molar-refractivity contribution in [1.29, 1.82) is 5.41 Å². The van der Waals surface area contributed by atoms with Gasteiger partial charge in [0.2, 0.25) is 0 Å². The van der Waals surface area contributed by atoms with Crippen molar-refractivity contribution in [1.82, 2.24) is 0 Å². The first kappa shape index (κ1) is 10.5. The predicted molar refractivity (Wildman–Crippen MR) is 49.7 cm³/mol. The summed E-state index contributed by atoms with van der Waals surface area (Å²) in [5.74, 6) is 2.13. The molecule has 0 saturated heterocycles. The molecule has 0 spiro atoms. The van der Waals surface area contributed by atoms with E-state index in [9.17, 15) is 0 Å². The van der Waals surface area contributed by atoms with Crippen LogP contribution in [0.4, 0.5) is 0 Å². The molecule has 2 nitrogen and oxygen atoms in total. The van der Waals surface area contributed by atoms with Crippen LogP contribution >= 0.6 is 0 Å². The van der Waals surface area contributed by atoms with E-state index in [-0.39, 0.29) is 0 Å². The van der Waals surface area contributed by atoms with Crippen LogP contribution in [0.5, 0.6) is 0 Å². The predicted octanol–water partition coefficient (Wildman–Crippen LogP) is 2.24. The fourth-order valence-corrected chi connectivity index (χ4v) is 1.50. The molecule has 0 saturated carbocycles. The maximum absolute atomic E-state index is 7.19. The Morgan fingerprint density at radius 1 is 1.18 bits per heavy atom. The highest BCUT2D eigenvalue weighted by Gasteiger charge is 2.17. The van der Waals surface area contributed by atoms with E-state index in [1.54, 1.807) is 0 Å². The van der Waals surface area contributed by atoms with Crippen molar-refractivity contribution in [3.05, 3.63) is 0 Å². The van der Waals surface area contributed by atoms with Gasteiger partial charge in [0.15, 0.2) is 0 Å². The molecular weight excluding hydrogens is 136 g/mol. The van der Waals surface area contributed by atoms with Gasteiger partial charge in [0.05, 0.1) is 5.84 Å². The van der Waals surface area contributed by atoms with Crippen LogP contribution in [-0.2, 0) is 0 Å². The molecule has 0 aromatic carbocycles. The molecule has 0 aliphatic heterocycles. The highest BCUT2D eigenvalue weighted by molar-refractivity contribution is 5.77. The van der Waals surface area contributed by atoms with Crippen molar-refractivity contribution in [2.75, 3.05) is 0 Å². The average Bonchev–Trinajstić information content (AvgIpc) is 1.81. The molecule has 0 aromatic heterocycles. The van der Waals surface area contributed by atoms with E-state index in [0.717, 1.165) is 6.42 Å². The zero-order valence-corrected chi connectivity index (χ0v) is 8.02. The minimum atomic E-state index is 0.317. The number of nitrogens with two attached hydrogens (primary N) is 1. The number of hydrogen-bond acceptors (Lipinski definition) is 1. The molecule has 3 N–H and O–H groups in total. The summed E-state index contributed by atoms with van der Waals surface area (Å²) in [6, 6.07) is 0. The fraction of sp³-hybridized carbons (Fsp3) is 0.889. The molecule has 0 aliphatic carbocycles. The third kappa shape index (κ3) is 4.02. The number of amidine groups is 1. The zero-order chi connectivity index (χ0) is 9.02. The summed E-state index contributed by atoms with van der Waals surface area (Å²) < 4.78 is 0. The van der Waals surface area contributed by atoms with Crippen molar-refractivity contribution in [3.63, 3.8) is 0 Å². The van der Waals surface area contributed by atoms with Gasteiger partial charge in [-0.25, -0.2) is 0 Å². The molecule has 0 bridgehead atoms. The van der Waals surface area contributed by atoms with Crippen LogP contribution in [0.25, 0.3) is 0 Å². The second kappa shape index (κ2) is 4.37. The second-order valence-electron chi connectivity index (χ2n) is 3.88. The first-order chi connectivity index (χ1) is 4.95. The van der Waals surface area contributed by atoms with Crippen LogP contribution in [0.3, 0.4) is 0 Å². The summed E-state index contributed by atoms with van der Waals surface area (Å²) >= 11 is 0. The Kier molecular flexibility index (Phi) is 4.16. The third-order valence-corrected chi connectivity index (χ3v) is 2.17. The molecule has 0 atom stereocenters. The summed E-state index contributed by atoms with van der Waals surface area (Å²) in [4.78, 5) is 0. The Hall–Kier alpha value is -0.530. The van der Waals surface area contributed by atoms with Crippen LogP contribution in [0.15, 0.2) is 0 Å². The van der Waals surface area contributed by atoms with Crippen molar-refractivity contribution in [2.45, 2.75) is 34.1 Å². The molecule has 0 rings (SSSR count). The molecule has 0 fully saturated rings. The molecule has 11 heavy (non-hydrogen) atoms. The molecule has 2 heteroatoms. The molecular formula is C9H20N2. The van der Waals surface area contributed by atoms with E-state index < -0.39 is 0 Å². The van der Waals surface area contributed by atoms with Crippen LogP contribution in [0.2, 0.25) is 0 Å². The molecule has 0 amide bonds. The summed E-state index contributed by atoms with van der Waals surface area (Å²) in [6.45, 7) is 8.75. The van der Waals surface area contributed by atoms with Crippen molar-refractivity contribution >= 4 is 5.84 Å². The Bertz CT molecular complexity index is 120. The normalized spacial score (nSPS) is 11.5. The molecule has 0 radical (unpaired) electrons. The Morgan fingerprint density at radius 2 is 1.55 bits per heavy atom. The van der Waals surface area contributed by atoms with Gasteiger partial charge in [-0.05, 0) is 17.8 Å². The molecule has 0 heterocycles. The Balaban J connectivity index is 4.00. The van der Waals surface area contributed by atoms with Crippen LogP contribution < -0.4 is 5.73 Å². The van der Waals surface area contributed by atoms with Gasteiger partial charge in [0.25, 0.3) is 0 Å². The first-order valence-electron chi connectivity index (χ1n) is 4.28. The van der Waals surface area contributed by atoms with E-state index in [2.05, 4.69) is 27.7 Å². The minimum Gasteiger partial charge on any atom is -0.388 e. The maximum Gasteiger partial charge on any atom is 0.0908 e. The third-order valence-electron chi connectivity index (χ3n) is 2.17. The van der Waals surface area contributed by atoms with Gasteiger partial charge in [-0.2, -0.15) is 0 Å². The smallest absolute Gasteiger partial charge is 0.0908 e. The standard InChI is InChI=1S/C9H20N2/c1-6(2)8(7(3)4)5-9(10)11/h6-8H,5H2,1-4H3,(H3,10,11). The fourth-order valence-electron chi connectivity index (χ4n) is 1.50. The summed E-state index contributed by atoms with van der Waals surface area (Å²) in [5.41, 5.74) is 5.35. The minimum absolute atomic E-state index is 0.317. The first-order valence-corrected chi connectivity index (χ1v) is 4.28. The summed E-state index contributed by atoms with van der Waals surface area (Å²) in [7, 11) is 0. The van der Waals surface area contributed by atoms with Gasteiger partial charge in [0.1, 0.15) is 0 Å². The lowest BCUT2D eigenvalue weighted by molar-refractivity contribution is 0.297. The van der Waals surface area contributed by atoms with E-state index >= 15 is 0 Å². The topological polar surface area (TPSA) is 49.9 Å². The highest BCUT2D eigenvalue weighted by Crippen LogP contribution is 2.23. The lowest BCUT2D eigenvalue weighted by Gasteiger charge is -2.23.